The number of nitrogens with one attached hydrogen (secondary N) is 1. The second kappa shape index (κ2) is 12.7. The fourth-order valence-corrected chi connectivity index (χ4v) is 6.55. The van der Waals surface area contributed by atoms with E-state index in [-0.39, 0.29) is 35.4 Å². The van der Waals surface area contributed by atoms with Gasteiger partial charge in [0.05, 0.1) is 22.7 Å². The Morgan fingerprint density at radius 3 is 2.39 bits per heavy atom. The summed E-state index contributed by atoms with van der Waals surface area (Å²) in [4.78, 5) is 55.6. The molecule has 9 heteroatoms. The smallest absolute Gasteiger partial charge is 0.315 e. The second-order valence-electron chi connectivity index (χ2n) is 12.1. The lowest BCUT2D eigenvalue weighted by Crippen LogP contribution is -2.41. The summed E-state index contributed by atoms with van der Waals surface area (Å²) in [6, 6.07) is 11.6. The van der Waals surface area contributed by atoms with Crippen molar-refractivity contribution in [3.05, 3.63) is 81.5 Å². The zero-order chi connectivity index (χ0) is 31.7. The molecule has 230 valence electrons. The van der Waals surface area contributed by atoms with Crippen LogP contribution in [0.5, 0.6) is 0 Å². The number of aliphatic imine (C=N–C) groups is 1. The van der Waals surface area contributed by atoms with E-state index in [1.165, 1.54) is 0 Å². The van der Waals surface area contributed by atoms with Gasteiger partial charge in [0.1, 0.15) is 5.70 Å². The standard InChI is InChI=1S/C35H42N6O3/c1-8-36-29(33(42)25-17-22(4)32(23(5)18-25)39(7)34(43)21(2)3)19-24(6)40-15-13-26(14-16-40)41-30-20-37-28-12-10-9-11-27(28)31(30)38-35(41)44/h8-12,17-21,24,26H,13-16H2,1-7H3,(H,38,44)/b29-19-,36-8?. The molecule has 9 nitrogen and oxygen atoms in total. The number of rotatable bonds is 8. The minimum Gasteiger partial charge on any atom is -0.315 e. The Bertz CT molecular complexity index is 1820. The van der Waals surface area contributed by atoms with Crippen molar-refractivity contribution in [3.8, 4) is 0 Å². The monoisotopic (exact) mass is 594 g/mol. The molecule has 0 aliphatic carbocycles. The summed E-state index contributed by atoms with van der Waals surface area (Å²) < 4.78 is 1.86. The van der Waals surface area contributed by atoms with E-state index in [0.717, 1.165) is 64.7 Å². The van der Waals surface area contributed by atoms with Crippen LogP contribution >= 0.6 is 0 Å². The summed E-state index contributed by atoms with van der Waals surface area (Å²) in [5.74, 6) is -0.241. The average Bonchev–Trinajstić information content (AvgIpc) is 3.35. The molecule has 1 aliphatic heterocycles. The van der Waals surface area contributed by atoms with Gasteiger partial charge in [0.15, 0.2) is 0 Å². The van der Waals surface area contributed by atoms with E-state index in [0.29, 0.717) is 11.3 Å². The Balaban J connectivity index is 1.33. The van der Waals surface area contributed by atoms with Crippen LogP contribution in [0.4, 0.5) is 5.69 Å². The number of hydrogen-bond acceptors (Lipinski definition) is 6. The molecule has 1 atom stereocenters. The van der Waals surface area contributed by atoms with Gasteiger partial charge in [-0.2, -0.15) is 0 Å². The number of para-hydroxylation sites is 1. The van der Waals surface area contributed by atoms with Crippen LogP contribution in [-0.2, 0) is 4.79 Å². The molecule has 1 saturated heterocycles. The normalized spacial score (nSPS) is 16.0. The molecule has 4 aromatic rings. The Morgan fingerprint density at radius 2 is 1.75 bits per heavy atom. The molecule has 0 bridgehead atoms. The first kappa shape index (κ1) is 31.1. The summed E-state index contributed by atoms with van der Waals surface area (Å²) in [7, 11) is 1.78. The highest BCUT2D eigenvalue weighted by Crippen LogP contribution is 2.30. The van der Waals surface area contributed by atoms with Gasteiger partial charge in [0.2, 0.25) is 11.7 Å². The van der Waals surface area contributed by atoms with Gasteiger partial charge >= 0.3 is 5.69 Å². The Kier molecular flexibility index (Phi) is 8.97. The minimum absolute atomic E-state index is 0.0276. The molecule has 1 N–H and O–H groups in total. The summed E-state index contributed by atoms with van der Waals surface area (Å²) in [6.07, 6.45) is 6.99. The number of imidazole rings is 1. The third-order valence-corrected chi connectivity index (χ3v) is 8.72. The number of H-pyrrole nitrogens is 1. The molecule has 1 fully saturated rings. The van der Waals surface area contributed by atoms with Crippen molar-refractivity contribution in [2.75, 3.05) is 25.0 Å². The number of anilines is 1. The molecule has 0 spiro atoms. The first-order valence-corrected chi connectivity index (χ1v) is 15.4. The molecule has 0 radical (unpaired) electrons. The molecule has 1 aliphatic rings. The van der Waals surface area contributed by atoms with Gasteiger partial charge in [-0.1, -0.05) is 32.0 Å². The maximum Gasteiger partial charge on any atom is 0.326 e. The topological polar surface area (TPSA) is 104 Å². The number of aryl methyl sites for hydroxylation is 2. The van der Waals surface area contributed by atoms with Crippen molar-refractivity contribution in [3.63, 3.8) is 0 Å². The van der Waals surface area contributed by atoms with Gasteiger partial charge in [-0.15, -0.1) is 0 Å². The van der Waals surface area contributed by atoms with Crippen LogP contribution in [0.25, 0.3) is 21.9 Å². The molecule has 3 heterocycles. The summed E-state index contributed by atoms with van der Waals surface area (Å²) >= 11 is 0. The van der Waals surface area contributed by atoms with Crippen LogP contribution in [0.2, 0.25) is 0 Å². The summed E-state index contributed by atoms with van der Waals surface area (Å²) in [6.45, 7) is 13.1. The number of aromatic nitrogens is 3. The lowest BCUT2D eigenvalue weighted by molar-refractivity contribution is -0.121. The fraction of sp³-hybridized carbons (Fsp3) is 0.400. The lowest BCUT2D eigenvalue weighted by Gasteiger charge is -2.35. The van der Waals surface area contributed by atoms with Crippen molar-refractivity contribution in [2.45, 2.75) is 66.5 Å². The number of pyridine rings is 1. The number of fused-ring (bicyclic) bond motifs is 3. The number of hydrogen-bond donors (Lipinski definition) is 1. The highest BCUT2D eigenvalue weighted by atomic mass is 16.2. The van der Waals surface area contributed by atoms with Gasteiger partial charge in [0.25, 0.3) is 0 Å². The predicted molar refractivity (Wildman–Crippen MR) is 178 cm³/mol. The molecule has 2 aromatic carbocycles. The van der Waals surface area contributed by atoms with Crippen molar-refractivity contribution < 1.29 is 9.59 Å². The number of likely N-dealkylation sites (tertiary alicyclic amines) is 1. The van der Waals surface area contributed by atoms with E-state index in [9.17, 15) is 14.4 Å². The summed E-state index contributed by atoms with van der Waals surface area (Å²) in [5.41, 5.74) is 5.94. The highest BCUT2D eigenvalue weighted by molar-refractivity contribution is 6.10. The molecular weight excluding hydrogens is 552 g/mol. The van der Waals surface area contributed by atoms with E-state index in [4.69, 9.17) is 0 Å². The Labute approximate surface area is 258 Å². The van der Waals surface area contributed by atoms with E-state index in [1.54, 1.807) is 31.3 Å². The number of benzene rings is 2. The molecule has 2 aromatic heterocycles. The van der Waals surface area contributed by atoms with Crippen LogP contribution < -0.4 is 10.6 Å². The Hall–Kier alpha value is -4.37. The van der Waals surface area contributed by atoms with Gasteiger partial charge in [-0.3, -0.25) is 29.0 Å². The summed E-state index contributed by atoms with van der Waals surface area (Å²) in [5, 5.41) is 0.946. The molecule has 0 saturated carbocycles. The van der Waals surface area contributed by atoms with Gasteiger partial charge in [0, 0.05) is 61.0 Å². The van der Waals surface area contributed by atoms with Crippen LogP contribution in [-0.4, -0.2) is 63.5 Å². The van der Waals surface area contributed by atoms with E-state index < -0.39 is 0 Å². The zero-order valence-electron chi connectivity index (χ0n) is 26.7. The van der Waals surface area contributed by atoms with Crippen molar-refractivity contribution >= 4 is 45.5 Å². The third kappa shape index (κ3) is 5.88. The van der Waals surface area contributed by atoms with Crippen molar-refractivity contribution in [1.82, 2.24) is 19.4 Å². The van der Waals surface area contributed by atoms with Crippen molar-refractivity contribution in [2.24, 2.45) is 10.9 Å². The molecule has 1 unspecified atom stereocenters. The average molecular weight is 595 g/mol. The maximum atomic E-state index is 13.7. The number of piperidine rings is 1. The van der Waals surface area contributed by atoms with E-state index in [2.05, 4.69) is 26.8 Å². The first-order chi connectivity index (χ1) is 21.0. The van der Waals surface area contributed by atoms with Crippen molar-refractivity contribution in [1.29, 1.82) is 0 Å². The maximum absolute atomic E-state index is 13.7. The number of allylic oxidation sites excluding steroid dienone is 1. The number of Topliss-reactive ketones (excluding diaryl/α,β-unsaturated/α-hetero) is 1. The number of nitrogens with zero attached hydrogens (tertiary/aromatic N) is 5. The predicted octanol–water partition coefficient (Wildman–Crippen LogP) is 6.00. The quantitative estimate of drug-likeness (QED) is 0.153. The SMILES string of the molecule is CC=N/C(=C\C(C)N1CCC(n2c(=O)[nH]c3c4ccccc4ncc32)CC1)C(=O)c1cc(C)c(N(C)C(=O)C(C)C)c(C)c1. The largest absolute Gasteiger partial charge is 0.326 e. The molecule has 44 heavy (non-hydrogen) atoms. The van der Waals surface area contributed by atoms with Crippen LogP contribution in [0, 0.1) is 19.8 Å². The van der Waals surface area contributed by atoms with Gasteiger partial charge in [-0.05, 0) is 75.9 Å². The number of aromatic amines is 1. The van der Waals surface area contributed by atoms with Crippen LogP contribution in [0.15, 0.2) is 64.2 Å². The van der Waals surface area contributed by atoms with Gasteiger partial charge in [-0.25, -0.2) is 4.79 Å². The number of carbonyl (C=O) groups excluding carboxylic acids is 2. The molecule has 5 rings (SSSR count). The number of amides is 1. The zero-order valence-corrected chi connectivity index (χ0v) is 26.7. The fourth-order valence-electron chi connectivity index (χ4n) is 6.55. The third-order valence-electron chi connectivity index (χ3n) is 8.72. The highest BCUT2D eigenvalue weighted by Gasteiger charge is 2.27. The van der Waals surface area contributed by atoms with Gasteiger partial charge < -0.3 is 9.88 Å². The number of carbonyl (C=O) groups is 2. The van der Waals surface area contributed by atoms with E-state index in [1.807, 2.05) is 74.7 Å². The second-order valence-corrected chi connectivity index (χ2v) is 12.1. The first-order valence-electron chi connectivity index (χ1n) is 15.4. The minimum atomic E-state index is -0.148. The lowest BCUT2D eigenvalue weighted by atomic mass is 9.98. The molecular formula is C35H42N6O3. The van der Waals surface area contributed by atoms with E-state index >= 15 is 0 Å². The molecule has 1 amide bonds. The number of ketones is 1. The van der Waals surface area contributed by atoms with Crippen LogP contribution in [0.3, 0.4) is 0 Å². The van der Waals surface area contributed by atoms with Crippen LogP contribution in [0.1, 0.15) is 68.1 Å². The Morgan fingerprint density at radius 1 is 1.09 bits per heavy atom.